The fourth-order valence-electron chi connectivity index (χ4n) is 7.02. The summed E-state index contributed by atoms with van der Waals surface area (Å²) in [6.45, 7) is 4.43. The molecule has 0 aliphatic heterocycles. The minimum atomic E-state index is -4.75. The number of phosphoric ester groups is 1. The van der Waals surface area contributed by atoms with E-state index in [0.717, 1.165) is 116 Å². The van der Waals surface area contributed by atoms with Gasteiger partial charge < -0.3 is 24.2 Å². The summed E-state index contributed by atoms with van der Waals surface area (Å²) in [7, 11) is -4.75. The molecule has 68 heavy (non-hydrogen) atoms. The molecule has 0 aliphatic rings. The Morgan fingerprint density at radius 2 is 0.765 bits per heavy atom. The molecule has 0 aromatic rings. The summed E-state index contributed by atoms with van der Waals surface area (Å²) in [4.78, 5) is 48.3. The number of aliphatic hydroxyl groups excluding tert-OH is 1. The zero-order chi connectivity index (χ0) is 49.9. The fraction of sp³-hybridized carbons (Fsp3) is 0.732. The molecule has 3 unspecified atom stereocenters. The van der Waals surface area contributed by atoms with Crippen molar-refractivity contribution in [2.75, 3.05) is 26.4 Å². The maximum atomic E-state index is 12.9. The Bertz CT molecular complexity index is 1420. The Kier molecular flexibility index (Phi) is 48.0. The van der Waals surface area contributed by atoms with E-state index in [2.05, 4.69) is 93.7 Å². The number of hydrogen-bond acceptors (Lipinski definition) is 10. The van der Waals surface area contributed by atoms with Crippen LogP contribution in [0.3, 0.4) is 0 Å². The van der Waals surface area contributed by atoms with Crippen molar-refractivity contribution in [3.8, 4) is 0 Å². The number of rotatable bonds is 49. The number of phosphoric acid groups is 1. The molecule has 0 fully saturated rings. The van der Waals surface area contributed by atoms with Crippen LogP contribution >= 0.6 is 7.82 Å². The number of esters is 3. The Morgan fingerprint density at radius 3 is 1.21 bits per heavy atom. The summed E-state index contributed by atoms with van der Waals surface area (Å²) in [6, 6.07) is 0. The maximum Gasteiger partial charge on any atom is 0.472 e. The molecular weight excluding hydrogens is 880 g/mol. The fourth-order valence-corrected chi connectivity index (χ4v) is 7.81. The Morgan fingerprint density at radius 1 is 0.426 bits per heavy atom. The highest BCUT2D eigenvalue weighted by atomic mass is 31.2. The topological polar surface area (TPSA) is 155 Å². The van der Waals surface area contributed by atoms with Crippen LogP contribution < -0.4 is 0 Å². The molecule has 11 nitrogen and oxygen atoms in total. The largest absolute Gasteiger partial charge is 0.472 e. The first-order chi connectivity index (χ1) is 33.2. The van der Waals surface area contributed by atoms with Gasteiger partial charge in [-0.3, -0.25) is 23.4 Å². The third-order valence-corrected chi connectivity index (χ3v) is 12.1. The molecule has 0 amide bonds. The molecule has 0 saturated heterocycles. The lowest BCUT2D eigenvalue weighted by Crippen LogP contribution is -2.30. The molecule has 392 valence electrons. The highest BCUT2D eigenvalue weighted by Gasteiger charge is 2.28. The quantitative estimate of drug-likeness (QED) is 0.0197. The smallest absolute Gasteiger partial charge is 0.462 e. The van der Waals surface area contributed by atoms with Crippen molar-refractivity contribution < 1.29 is 52.2 Å². The molecule has 0 aromatic heterocycles. The molecule has 0 spiro atoms. The SMILES string of the molecule is CC/C=C\C/C=C\C/C=C\C/C=C\CCCCCCC(=O)OCC(COP(=O)(O)OCC(CO)OC(=O)CCCCCCCCCCC)OC(=O)CCCCCCC/C=C\C/C=C\CCCCC. The second-order valence-electron chi connectivity index (χ2n) is 17.7. The highest BCUT2D eigenvalue weighted by molar-refractivity contribution is 7.47. The van der Waals surface area contributed by atoms with Gasteiger partial charge in [0.05, 0.1) is 19.8 Å². The summed E-state index contributed by atoms with van der Waals surface area (Å²) in [5.74, 6) is -1.51. The predicted octanol–water partition coefficient (Wildman–Crippen LogP) is 15.4. The summed E-state index contributed by atoms with van der Waals surface area (Å²) < 4.78 is 39.3. The van der Waals surface area contributed by atoms with Crippen molar-refractivity contribution in [1.82, 2.24) is 0 Å². The maximum absolute atomic E-state index is 12.9. The van der Waals surface area contributed by atoms with Crippen LogP contribution in [0.15, 0.2) is 72.9 Å². The number of aliphatic hydroxyl groups is 1. The number of carbonyl (C=O) groups is 3. The average Bonchev–Trinajstić information content (AvgIpc) is 3.32. The van der Waals surface area contributed by atoms with E-state index in [1.54, 1.807) is 0 Å². The second-order valence-corrected chi connectivity index (χ2v) is 19.1. The predicted molar refractivity (Wildman–Crippen MR) is 279 cm³/mol. The number of ether oxygens (including phenoxy) is 3. The van der Waals surface area contributed by atoms with Gasteiger partial charge in [0.25, 0.3) is 0 Å². The van der Waals surface area contributed by atoms with Crippen molar-refractivity contribution in [2.45, 2.75) is 238 Å². The third-order valence-electron chi connectivity index (χ3n) is 11.1. The van der Waals surface area contributed by atoms with Gasteiger partial charge in [-0.25, -0.2) is 4.57 Å². The van der Waals surface area contributed by atoms with Crippen LogP contribution in [0, 0.1) is 0 Å². The van der Waals surface area contributed by atoms with Gasteiger partial charge in [-0.15, -0.1) is 0 Å². The molecule has 0 rings (SSSR count). The highest BCUT2D eigenvalue weighted by Crippen LogP contribution is 2.43. The first-order valence-electron chi connectivity index (χ1n) is 26.8. The van der Waals surface area contributed by atoms with Crippen molar-refractivity contribution in [2.24, 2.45) is 0 Å². The number of carbonyl (C=O) groups excluding carboxylic acids is 3. The zero-order valence-corrected chi connectivity index (χ0v) is 43.9. The summed E-state index contributed by atoms with van der Waals surface area (Å²) in [5, 5.41) is 9.75. The van der Waals surface area contributed by atoms with Gasteiger partial charge in [0.1, 0.15) is 12.7 Å². The molecule has 0 radical (unpaired) electrons. The van der Waals surface area contributed by atoms with E-state index in [4.69, 9.17) is 23.3 Å². The van der Waals surface area contributed by atoms with E-state index in [0.29, 0.717) is 19.3 Å². The Balaban J connectivity index is 4.80. The monoisotopic (exact) mass is 977 g/mol. The summed E-state index contributed by atoms with van der Waals surface area (Å²) >= 11 is 0. The number of hydrogen-bond donors (Lipinski definition) is 2. The van der Waals surface area contributed by atoms with Crippen molar-refractivity contribution in [3.05, 3.63) is 72.9 Å². The van der Waals surface area contributed by atoms with Gasteiger partial charge in [-0.05, 0) is 89.9 Å². The molecule has 2 N–H and O–H groups in total. The van der Waals surface area contributed by atoms with E-state index in [1.807, 2.05) is 0 Å². The molecule has 0 aliphatic carbocycles. The molecule has 0 saturated carbocycles. The van der Waals surface area contributed by atoms with Crippen LogP contribution in [0.5, 0.6) is 0 Å². The van der Waals surface area contributed by atoms with Crippen LogP contribution in [0.1, 0.15) is 226 Å². The number of allylic oxidation sites excluding steroid dienone is 12. The molecule has 12 heteroatoms. The van der Waals surface area contributed by atoms with E-state index < -0.39 is 57.8 Å². The van der Waals surface area contributed by atoms with Crippen LogP contribution in [0.4, 0.5) is 0 Å². The third kappa shape index (κ3) is 48.0. The molecule has 3 atom stereocenters. The van der Waals surface area contributed by atoms with Crippen molar-refractivity contribution >= 4 is 25.7 Å². The van der Waals surface area contributed by atoms with Gasteiger partial charge in [-0.2, -0.15) is 0 Å². The molecule has 0 bridgehead atoms. The van der Waals surface area contributed by atoms with E-state index in [9.17, 15) is 28.9 Å². The zero-order valence-electron chi connectivity index (χ0n) is 43.1. The van der Waals surface area contributed by atoms with Gasteiger partial charge >= 0.3 is 25.7 Å². The normalized spacial score (nSPS) is 14.0. The van der Waals surface area contributed by atoms with E-state index in [-0.39, 0.29) is 25.9 Å². The van der Waals surface area contributed by atoms with Crippen LogP contribution in [-0.4, -0.2) is 66.5 Å². The Labute approximate surface area is 414 Å². The van der Waals surface area contributed by atoms with E-state index in [1.165, 1.54) is 51.4 Å². The minimum absolute atomic E-state index is 0.145. The van der Waals surface area contributed by atoms with E-state index >= 15 is 0 Å². The summed E-state index contributed by atoms with van der Waals surface area (Å²) in [5.41, 5.74) is 0. The van der Waals surface area contributed by atoms with Crippen LogP contribution in [-0.2, 0) is 42.2 Å². The summed E-state index contributed by atoms with van der Waals surface area (Å²) in [6.07, 6.45) is 54.4. The lowest BCUT2D eigenvalue weighted by atomic mass is 10.1. The van der Waals surface area contributed by atoms with Crippen LogP contribution in [0.2, 0.25) is 0 Å². The van der Waals surface area contributed by atoms with Crippen LogP contribution in [0.25, 0.3) is 0 Å². The minimum Gasteiger partial charge on any atom is -0.462 e. The number of unbranched alkanes of at least 4 members (excludes halogenated alkanes) is 20. The Hall–Kier alpha value is -3.08. The average molecular weight is 977 g/mol. The first-order valence-corrected chi connectivity index (χ1v) is 28.3. The van der Waals surface area contributed by atoms with Gasteiger partial charge in [0.15, 0.2) is 6.10 Å². The first kappa shape index (κ1) is 64.9. The molecule has 0 aromatic carbocycles. The lowest BCUT2D eigenvalue weighted by Gasteiger charge is -2.21. The van der Waals surface area contributed by atoms with Gasteiger partial charge in [-0.1, -0.05) is 190 Å². The van der Waals surface area contributed by atoms with Crippen molar-refractivity contribution in [3.63, 3.8) is 0 Å². The molecular formula is C56H97O11P. The van der Waals surface area contributed by atoms with Crippen molar-refractivity contribution in [1.29, 1.82) is 0 Å². The van der Waals surface area contributed by atoms with Gasteiger partial charge in [0, 0.05) is 19.3 Å². The lowest BCUT2D eigenvalue weighted by molar-refractivity contribution is -0.161. The molecule has 0 heterocycles. The second kappa shape index (κ2) is 50.3. The standard InChI is InChI=1S/C56H97O11P/c1-4-7-10-13-16-19-21-23-25-26-28-29-31-34-36-39-42-45-54(58)63-49-53(67-56(60)47-44-41-38-35-32-30-27-24-22-20-17-14-11-8-5-2)51-65-68(61,62)64-50-52(48-57)66-55(59)46-43-40-37-33-18-15-12-9-6-3/h7,10,16-17,19-20,23-25,27-29,52-53,57H,4-6,8-9,11-15,18,21-22,26,30-51H2,1-3H3,(H,61,62)/b10-7-,19-16-,20-17-,25-23-,27-24-,29-28-. The van der Waals surface area contributed by atoms with Gasteiger partial charge in [0.2, 0.25) is 0 Å².